The first-order chi connectivity index (χ1) is 14.2. The average Bonchev–Trinajstić information content (AvgIpc) is 3.10. The van der Waals surface area contributed by atoms with Gasteiger partial charge in [-0.15, -0.1) is 0 Å². The topological polar surface area (TPSA) is 101 Å². The highest BCUT2D eigenvalue weighted by molar-refractivity contribution is 7.88. The van der Waals surface area contributed by atoms with E-state index in [1.54, 1.807) is 29.2 Å². The number of aromatic nitrogens is 3. The van der Waals surface area contributed by atoms with E-state index in [0.717, 1.165) is 12.4 Å². The lowest BCUT2D eigenvalue weighted by Crippen LogP contribution is -2.45. The number of benzene rings is 1. The fourth-order valence-corrected chi connectivity index (χ4v) is 4.81. The van der Waals surface area contributed by atoms with Gasteiger partial charge in [0.25, 0.3) is 0 Å². The van der Waals surface area contributed by atoms with Crippen molar-refractivity contribution in [1.82, 2.24) is 19.8 Å². The second kappa shape index (κ2) is 7.84. The summed E-state index contributed by atoms with van der Waals surface area (Å²) >= 11 is 0. The van der Waals surface area contributed by atoms with Gasteiger partial charge in [-0.2, -0.15) is 13.2 Å². The van der Waals surface area contributed by atoms with Gasteiger partial charge in [0.2, 0.25) is 10.0 Å². The molecule has 0 bridgehead atoms. The summed E-state index contributed by atoms with van der Waals surface area (Å²) in [6, 6.07) is 7.57. The molecule has 1 N–H and O–H groups in total. The van der Waals surface area contributed by atoms with Gasteiger partial charge in [0.1, 0.15) is 29.3 Å². The molecule has 1 aromatic carbocycles. The zero-order chi connectivity index (χ0) is 21.4. The Kier molecular flexibility index (Phi) is 5.36. The summed E-state index contributed by atoms with van der Waals surface area (Å²) in [4.78, 5) is 8.86. The van der Waals surface area contributed by atoms with Crippen LogP contribution in [-0.4, -0.2) is 42.7 Å². The largest absolute Gasteiger partial charge is 0.433 e. The van der Waals surface area contributed by atoms with Gasteiger partial charge in [-0.05, 0) is 25.0 Å². The molecule has 1 aliphatic heterocycles. The Morgan fingerprint density at radius 3 is 2.63 bits per heavy atom. The fourth-order valence-electron chi connectivity index (χ4n) is 3.42. The maximum Gasteiger partial charge on any atom is 0.433 e. The highest BCUT2D eigenvalue weighted by Gasteiger charge is 2.34. The van der Waals surface area contributed by atoms with Crippen molar-refractivity contribution in [2.75, 3.05) is 18.0 Å². The molecule has 0 aliphatic carbocycles. The number of hydrogen-bond acceptors (Lipinski definition) is 7. The molecule has 2 aromatic heterocycles. The van der Waals surface area contributed by atoms with Crippen LogP contribution < -0.4 is 9.62 Å². The second-order valence-electron chi connectivity index (χ2n) is 7.02. The number of anilines is 1. The lowest BCUT2D eigenvalue weighted by atomic mass is 10.1. The van der Waals surface area contributed by atoms with E-state index in [9.17, 15) is 21.6 Å². The Morgan fingerprint density at radius 1 is 1.17 bits per heavy atom. The molecule has 3 heterocycles. The summed E-state index contributed by atoms with van der Waals surface area (Å²) < 4.78 is 71.4. The molecule has 12 heteroatoms. The third-order valence-corrected chi connectivity index (χ3v) is 6.23. The molecule has 4 rings (SSSR count). The number of alkyl halides is 3. The van der Waals surface area contributed by atoms with E-state index in [-0.39, 0.29) is 17.6 Å². The van der Waals surface area contributed by atoms with Crippen molar-refractivity contribution in [3.8, 4) is 0 Å². The van der Waals surface area contributed by atoms with Gasteiger partial charge in [0.05, 0.1) is 0 Å². The second-order valence-corrected chi connectivity index (χ2v) is 8.78. The standard InChI is InChI=1S/C18H18F3N5O3S/c19-18(20,21)16-9-17(23-11-22-16)26-7-5-12(6-8-26)25-30(27,28)10-14-13-3-1-2-4-15(13)29-24-14/h1-4,9,11-12,25H,5-8,10H2. The SMILES string of the molecule is O=S(=O)(Cc1noc2ccccc12)NC1CCN(c2cc(C(F)(F)F)ncn2)CC1. The van der Waals surface area contributed by atoms with Gasteiger partial charge in [0.15, 0.2) is 5.58 Å². The van der Waals surface area contributed by atoms with E-state index in [0.29, 0.717) is 42.6 Å². The molecule has 0 atom stereocenters. The van der Waals surface area contributed by atoms with Crippen molar-refractivity contribution in [2.45, 2.75) is 30.8 Å². The number of halogens is 3. The van der Waals surface area contributed by atoms with E-state index >= 15 is 0 Å². The Hall–Kier alpha value is -2.73. The third-order valence-electron chi connectivity index (χ3n) is 4.89. The van der Waals surface area contributed by atoms with Gasteiger partial charge in [-0.3, -0.25) is 0 Å². The first-order valence-electron chi connectivity index (χ1n) is 9.19. The van der Waals surface area contributed by atoms with Crippen LogP contribution >= 0.6 is 0 Å². The van der Waals surface area contributed by atoms with Gasteiger partial charge < -0.3 is 9.42 Å². The van der Waals surface area contributed by atoms with Gasteiger partial charge in [0, 0.05) is 30.6 Å². The van der Waals surface area contributed by atoms with Crippen molar-refractivity contribution in [3.63, 3.8) is 0 Å². The van der Waals surface area contributed by atoms with Crippen LogP contribution in [0, 0.1) is 0 Å². The summed E-state index contributed by atoms with van der Waals surface area (Å²) in [7, 11) is -3.67. The molecule has 8 nitrogen and oxygen atoms in total. The minimum Gasteiger partial charge on any atom is -0.356 e. The van der Waals surface area contributed by atoms with Gasteiger partial charge in [-0.1, -0.05) is 17.3 Å². The van der Waals surface area contributed by atoms with Crippen molar-refractivity contribution in [2.24, 2.45) is 0 Å². The Balaban J connectivity index is 1.37. The summed E-state index contributed by atoms with van der Waals surface area (Å²) in [6.07, 6.45) is -2.79. The number of nitrogens with one attached hydrogen (secondary N) is 1. The number of piperidine rings is 1. The Labute approximate surface area is 170 Å². The average molecular weight is 441 g/mol. The van der Waals surface area contributed by atoms with Crippen molar-refractivity contribution in [3.05, 3.63) is 48.0 Å². The van der Waals surface area contributed by atoms with E-state index in [1.165, 1.54) is 0 Å². The molecule has 0 amide bonds. The summed E-state index contributed by atoms with van der Waals surface area (Å²) in [6.45, 7) is 0.739. The predicted molar refractivity (Wildman–Crippen MR) is 102 cm³/mol. The molecule has 0 spiro atoms. The summed E-state index contributed by atoms with van der Waals surface area (Å²) in [5.41, 5.74) is -0.162. The number of sulfonamides is 1. The van der Waals surface area contributed by atoms with Gasteiger partial charge >= 0.3 is 6.18 Å². The van der Waals surface area contributed by atoms with Crippen LogP contribution in [0.4, 0.5) is 19.0 Å². The first kappa shape index (κ1) is 20.5. The molecule has 0 unspecified atom stereocenters. The Bertz CT molecular complexity index is 1140. The summed E-state index contributed by atoms with van der Waals surface area (Å²) in [5.74, 6) is -0.141. The minimum absolute atomic E-state index is 0.174. The van der Waals surface area contributed by atoms with Crippen molar-refractivity contribution in [1.29, 1.82) is 0 Å². The minimum atomic E-state index is -4.54. The monoisotopic (exact) mass is 441 g/mol. The molecule has 160 valence electrons. The number of nitrogens with zero attached hydrogens (tertiary/aromatic N) is 4. The molecule has 0 radical (unpaired) electrons. The molecular weight excluding hydrogens is 423 g/mol. The fraction of sp³-hybridized carbons (Fsp3) is 0.389. The van der Waals surface area contributed by atoms with E-state index in [2.05, 4.69) is 19.8 Å². The van der Waals surface area contributed by atoms with Crippen LogP contribution in [0.3, 0.4) is 0 Å². The molecule has 3 aromatic rings. The smallest absolute Gasteiger partial charge is 0.356 e. The van der Waals surface area contributed by atoms with Crippen LogP contribution in [0.1, 0.15) is 24.2 Å². The highest BCUT2D eigenvalue weighted by Crippen LogP contribution is 2.29. The van der Waals surface area contributed by atoms with Crippen molar-refractivity contribution < 1.29 is 26.1 Å². The number of rotatable bonds is 5. The quantitative estimate of drug-likeness (QED) is 0.650. The molecule has 1 fully saturated rings. The molecule has 0 saturated carbocycles. The van der Waals surface area contributed by atoms with Crippen LogP contribution in [0.25, 0.3) is 11.0 Å². The van der Waals surface area contributed by atoms with E-state index in [1.807, 2.05) is 0 Å². The van der Waals surface area contributed by atoms with Crippen LogP contribution in [-0.2, 0) is 22.0 Å². The predicted octanol–water partition coefficient (Wildman–Crippen LogP) is 2.73. The van der Waals surface area contributed by atoms with Crippen LogP contribution in [0.2, 0.25) is 0 Å². The number of hydrogen-bond donors (Lipinski definition) is 1. The highest BCUT2D eigenvalue weighted by atomic mass is 32.2. The molecule has 1 aliphatic rings. The first-order valence-corrected chi connectivity index (χ1v) is 10.8. The number of fused-ring (bicyclic) bond motifs is 1. The number of para-hydroxylation sites is 1. The van der Waals surface area contributed by atoms with E-state index in [4.69, 9.17) is 4.52 Å². The third kappa shape index (κ3) is 4.54. The molecular formula is C18H18F3N5O3S. The lowest BCUT2D eigenvalue weighted by Gasteiger charge is -2.33. The maximum atomic E-state index is 12.8. The zero-order valence-electron chi connectivity index (χ0n) is 15.6. The van der Waals surface area contributed by atoms with Crippen molar-refractivity contribution >= 4 is 26.8 Å². The summed E-state index contributed by atoms with van der Waals surface area (Å²) in [5, 5.41) is 4.49. The Morgan fingerprint density at radius 2 is 1.90 bits per heavy atom. The van der Waals surface area contributed by atoms with E-state index < -0.39 is 21.9 Å². The molecule has 1 saturated heterocycles. The lowest BCUT2D eigenvalue weighted by molar-refractivity contribution is -0.141. The normalized spacial score (nSPS) is 16.3. The molecule has 30 heavy (non-hydrogen) atoms. The van der Waals surface area contributed by atoms with Crippen LogP contribution in [0.15, 0.2) is 41.2 Å². The van der Waals surface area contributed by atoms with Gasteiger partial charge in [-0.25, -0.2) is 23.1 Å². The maximum absolute atomic E-state index is 12.8. The van der Waals surface area contributed by atoms with Crippen LogP contribution in [0.5, 0.6) is 0 Å². The zero-order valence-corrected chi connectivity index (χ0v) is 16.4.